The molecule has 2 atom stereocenters. The Balaban J connectivity index is 2.14. The lowest BCUT2D eigenvalue weighted by atomic mass is 9.80. The highest BCUT2D eigenvalue weighted by atomic mass is 16.1. The fraction of sp³-hybridized carbons (Fsp3) is 0.588. The Morgan fingerprint density at radius 1 is 1.29 bits per heavy atom. The molecule has 2 unspecified atom stereocenters. The highest BCUT2D eigenvalue weighted by Crippen LogP contribution is 2.34. The minimum atomic E-state index is -1.12. The van der Waals surface area contributed by atoms with Gasteiger partial charge in [0.15, 0.2) is 0 Å². The zero-order valence-corrected chi connectivity index (χ0v) is 13.3. The maximum Gasteiger partial charge on any atom is 0.243 e. The molecule has 1 fully saturated rings. The summed E-state index contributed by atoms with van der Waals surface area (Å²) in [6.07, 6.45) is 1.15. The van der Waals surface area contributed by atoms with Crippen molar-refractivity contribution < 1.29 is 4.79 Å². The van der Waals surface area contributed by atoms with Crippen LogP contribution in [0.15, 0.2) is 30.3 Å². The smallest absolute Gasteiger partial charge is 0.243 e. The van der Waals surface area contributed by atoms with Crippen molar-refractivity contribution >= 4 is 5.91 Å². The van der Waals surface area contributed by atoms with Crippen molar-refractivity contribution in [3.63, 3.8) is 0 Å². The molecule has 1 aromatic carbocycles. The van der Waals surface area contributed by atoms with E-state index in [1.165, 1.54) is 0 Å². The summed E-state index contributed by atoms with van der Waals surface area (Å²) < 4.78 is 0. The summed E-state index contributed by atoms with van der Waals surface area (Å²) in [7, 11) is 0. The lowest BCUT2D eigenvalue weighted by Crippen LogP contribution is -2.56. The topological polar surface area (TPSA) is 72.3 Å². The zero-order valence-electron chi connectivity index (χ0n) is 13.3. The molecular weight excluding hydrogens is 262 g/mol. The Bertz CT molecular complexity index is 495. The number of nitrogens with two attached hydrogens (primary N) is 2. The largest absolute Gasteiger partial charge is 0.368 e. The van der Waals surface area contributed by atoms with Gasteiger partial charge in [0, 0.05) is 13.1 Å². The van der Waals surface area contributed by atoms with Gasteiger partial charge in [0.1, 0.15) is 5.54 Å². The minimum absolute atomic E-state index is 0.283. The van der Waals surface area contributed by atoms with Gasteiger partial charge in [0.2, 0.25) is 5.91 Å². The number of carbonyl (C=O) groups excluding carboxylic acids is 1. The second-order valence-electron chi connectivity index (χ2n) is 7.29. The number of carbonyl (C=O) groups is 1. The molecule has 0 radical (unpaired) electrons. The third-order valence-electron chi connectivity index (χ3n) is 4.70. The summed E-state index contributed by atoms with van der Waals surface area (Å²) in [6.45, 7) is 9.23. The fourth-order valence-corrected chi connectivity index (χ4v) is 3.08. The van der Waals surface area contributed by atoms with Crippen molar-refractivity contribution in [3.05, 3.63) is 35.9 Å². The Kier molecular flexibility index (Phi) is 4.40. The lowest BCUT2D eigenvalue weighted by Gasteiger charge is -2.32. The monoisotopic (exact) mass is 289 g/mol. The van der Waals surface area contributed by atoms with E-state index in [0.717, 1.165) is 25.1 Å². The van der Waals surface area contributed by atoms with Crippen molar-refractivity contribution in [3.8, 4) is 0 Å². The van der Waals surface area contributed by atoms with Crippen LogP contribution in [0.25, 0.3) is 0 Å². The van der Waals surface area contributed by atoms with Crippen LogP contribution in [-0.2, 0) is 10.3 Å². The minimum Gasteiger partial charge on any atom is -0.368 e. The van der Waals surface area contributed by atoms with Gasteiger partial charge in [-0.1, -0.05) is 51.1 Å². The number of benzene rings is 1. The van der Waals surface area contributed by atoms with Gasteiger partial charge in [-0.05, 0) is 29.9 Å². The predicted molar refractivity (Wildman–Crippen MR) is 85.5 cm³/mol. The second-order valence-corrected chi connectivity index (χ2v) is 7.29. The van der Waals surface area contributed by atoms with E-state index in [2.05, 4.69) is 25.7 Å². The van der Waals surface area contributed by atoms with Crippen LogP contribution in [0.3, 0.4) is 0 Å². The van der Waals surface area contributed by atoms with E-state index in [9.17, 15) is 4.79 Å². The molecule has 0 bridgehead atoms. The molecule has 4 N–H and O–H groups in total. The third-order valence-corrected chi connectivity index (χ3v) is 4.70. The van der Waals surface area contributed by atoms with Gasteiger partial charge in [-0.3, -0.25) is 4.79 Å². The van der Waals surface area contributed by atoms with Gasteiger partial charge in [0.05, 0.1) is 0 Å². The van der Waals surface area contributed by atoms with E-state index in [0.29, 0.717) is 12.5 Å². The highest BCUT2D eigenvalue weighted by Gasteiger charge is 2.39. The van der Waals surface area contributed by atoms with Gasteiger partial charge < -0.3 is 16.4 Å². The number of amides is 1. The molecule has 1 aromatic rings. The summed E-state index contributed by atoms with van der Waals surface area (Å²) >= 11 is 0. The molecule has 4 heteroatoms. The molecular formula is C17H27N3O. The van der Waals surface area contributed by atoms with E-state index < -0.39 is 11.4 Å². The van der Waals surface area contributed by atoms with Crippen molar-refractivity contribution in [2.75, 3.05) is 19.6 Å². The number of rotatable bonds is 4. The third kappa shape index (κ3) is 3.44. The first-order valence-electron chi connectivity index (χ1n) is 7.60. The van der Waals surface area contributed by atoms with Crippen molar-refractivity contribution in [1.82, 2.24) is 4.90 Å². The van der Waals surface area contributed by atoms with Gasteiger partial charge >= 0.3 is 0 Å². The van der Waals surface area contributed by atoms with Gasteiger partial charge in [0.25, 0.3) is 0 Å². The first-order chi connectivity index (χ1) is 9.73. The second kappa shape index (κ2) is 5.78. The summed E-state index contributed by atoms with van der Waals surface area (Å²) in [4.78, 5) is 14.2. The Labute approximate surface area is 127 Å². The maximum absolute atomic E-state index is 12.0. The van der Waals surface area contributed by atoms with Crippen molar-refractivity contribution in [2.24, 2.45) is 22.8 Å². The molecule has 1 heterocycles. The number of nitrogens with zero attached hydrogens (tertiary/aromatic N) is 1. The highest BCUT2D eigenvalue weighted by molar-refractivity contribution is 5.86. The summed E-state index contributed by atoms with van der Waals surface area (Å²) in [5.74, 6) is 0.165. The molecule has 2 rings (SSSR count). The zero-order chi connectivity index (χ0) is 15.7. The van der Waals surface area contributed by atoms with Crippen molar-refractivity contribution in [1.29, 1.82) is 0 Å². The number of hydrogen-bond acceptors (Lipinski definition) is 3. The van der Waals surface area contributed by atoms with Crippen LogP contribution in [-0.4, -0.2) is 30.4 Å². The molecule has 116 valence electrons. The first kappa shape index (κ1) is 16.0. The summed E-state index contributed by atoms with van der Waals surface area (Å²) in [6, 6.07) is 9.45. The molecule has 1 saturated heterocycles. The molecule has 0 aromatic heterocycles. The number of hydrogen-bond donors (Lipinski definition) is 2. The van der Waals surface area contributed by atoms with Crippen LogP contribution in [0, 0.1) is 11.3 Å². The fourth-order valence-electron chi connectivity index (χ4n) is 3.08. The number of likely N-dealkylation sites (tertiary alicyclic amines) is 1. The van der Waals surface area contributed by atoms with Crippen LogP contribution >= 0.6 is 0 Å². The standard InChI is InChI=1S/C17H27N3O/c1-16(2,3)14-9-10-20(11-14)12-17(19,15(18)21)13-7-5-4-6-8-13/h4-8,14H,9-12,19H2,1-3H3,(H2,18,21). The normalized spacial score (nSPS) is 23.0. The van der Waals surface area contributed by atoms with E-state index in [-0.39, 0.29) is 5.41 Å². The summed E-state index contributed by atoms with van der Waals surface area (Å²) in [5, 5.41) is 0. The van der Waals surface area contributed by atoms with Crippen LogP contribution in [0.2, 0.25) is 0 Å². The molecule has 21 heavy (non-hydrogen) atoms. The lowest BCUT2D eigenvalue weighted by molar-refractivity contribution is -0.124. The van der Waals surface area contributed by atoms with Gasteiger partial charge in [-0.15, -0.1) is 0 Å². The number of primary amides is 1. The van der Waals surface area contributed by atoms with Crippen LogP contribution in [0.4, 0.5) is 0 Å². The Morgan fingerprint density at radius 3 is 2.38 bits per heavy atom. The average Bonchev–Trinajstić information content (AvgIpc) is 2.88. The molecule has 4 nitrogen and oxygen atoms in total. The summed E-state index contributed by atoms with van der Waals surface area (Å²) in [5.41, 5.74) is 11.9. The molecule has 1 aliphatic heterocycles. The van der Waals surface area contributed by atoms with E-state index in [4.69, 9.17) is 11.5 Å². The van der Waals surface area contributed by atoms with E-state index in [1.54, 1.807) is 0 Å². The predicted octanol–water partition coefficient (Wildman–Crippen LogP) is 1.69. The van der Waals surface area contributed by atoms with E-state index >= 15 is 0 Å². The molecule has 0 spiro atoms. The van der Waals surface area contributed by atoms with Gasteiger partial charge in [-0.25, -0.2) is 0 Å². The van der Waals surface area contributed by atoms with Crippen LogP contribution < -0.4 is 11.5 Å². The van der Waals surface area contributed by atoms with Gasteiger partial charge in [-0.2, -0.15) is 0 Å². The van der Waals surface area contributed by atoms with Crippen LogP contribution in [0.1, 0.15) is 32.8 Å². The van der Waals surface area contributed by atoms with Crippen molar-refractivity contribution in [2.45, 2.75) is 32.7 Å². The Hall–Kier alpha value is -1.39. The van der Waals surface area contributed by atoms with Crippen LogP contribution in [0.5, 0.6) is 0 Å². The first-order valence-corrected chi connectivity index (χ1v) is 7.60. The molecule has 0 aliphatic carbocycles. The SMILES string of the molecule is CC(C)(C)C1CCN(CC(N)(C(N)=O)c2ccccc2)C1. The average molecular weight is 289 g/mol. The molecule has 1 amide bonds. The quantitative estimate of drug-likeness (QED) is 0.886. The van der Waals surface area contributed by atoms with E-state index in [1.807, 2.05) is 30.3 Å². The molecule has 0 saturated carbocycles. The Morgan fingerprint density at radius 2 is 1.90 bits per heavy atom. The maximum atomic E-state index is 12.0. The molecule has 1 aliphatic rings.